The lowest BCUT2D eigenvalue weighted by atomic mass is 9.77. The van der Waals surface area contributed by atoms with E-state index < -0.39 is 0 Å². The highest BCUT2D eigenvalue weighted by molar-refractivity contribution is 5.79. The fraction of sp³-hybridized carbons (Fsp3) is 0.696. The maximum absolute atomic E-state index is 13.2. The molecule has 0 radical (unpaired) electrons. The molecule has 2 unspecified atom stereocenters. The summed E-state index contributed by atoms with van der Waals surface area (Å²) < 4.78 is 0. The molecule has 1 amide bonds. The van der Waals surface area contributed by atoms with Gasteiger partial charge in [0.15, 0.2) is 0 Å². The van der Waals surface area contributed by atoms with E-state index in [0.717, 1.165) is 19.4 Å². The molecule has 1 aliphatic heterocycles. The molecule has 2 aliphatic rings. The molecular weight excluding hydrogens is 336 g/mol. The molecule has 1 aliphatic carbocycles. The number of benzene rings is 1. The molecule has 3 rings (SSSR count). The van der Waals surface area contributed by atoms with Gasteiger partial charge in [0.2, 0.25) is 5.91 Å². The highest BCUT2D eigenvalue weighted by Gasteiger charge is 2.36. The molecule has 1 aromatic carbocycles. The monoisotopic (exact) mass is 372 g/mol. The van der Waals surface area contributed by atoms with E-state index in [1.165, 1.54) is 43.2 Å². The first-order chi connectivity index (χ1) is 13.2. The third-order valence-electron chi connectivity index (χ3n) is 6.79. The predicted octanol–water partition coefficient (Wildman–Crippen LogP) is 3.69. The SMILES string of the molecule is CCC(C)[C@@H](CO)NCC(=O)N1CCc2ccccc2C1C1CCCCC1. The second-order valence-corrected chi connectivity index (χ2v) is 8.43. The number of nitrogens with zero attached hydrogens (tertiary/aromatic N) is 1. The van der Waals surface area contributed by atoms with Crippen molar-refractivity contribution in [3.05, 3.63) is 35.4 Å². The molecule has 0 bridgehead atoms. The summed E-state index contributed by atoms with van der Waals surface area (Å²) in [6.07, 6.45) is 8.28. The van der Waals surface area contributed by atoms with Gasteiger partial charge in [-0.1, -0.05) is 63.8 Å². The molecule has 27 heavy (non-hydrogen) atoms. The van der Waals surface area contributed by atoms with E-state index in [4.69, 9.17) is 0 Å². The van der Waals surface area contributed by atoms with E-state index >= 15 is 0 Å². The predicted molar refractivity (Wildman–Crippen MR) is 110 cm³/mol. The van der Waals surface area contributed by atoms with E-state index in [0.29, 0.717) is 18.4 Å². The van der Waals surface area contributed by atoms with Crippen molar-refractivity contribution >= 4 is 5.91 Å². The van der Waals surface area contributed by atoms with Crippen LogP contribution in [0.4, 0.5) is 0 Å². The van der Waals surface area contributed by atoms with Crippen molar-refractivity contribution in [1.82, 2.24) is 10.2 Å². The second-order valence-electron chi connectivity index (χ2n) is 8.43. The molecule has 0 spiro atoms. The van der Waals surface area contributed by atoms with Crippen molar-refractivity contribution < 1.29 is 9.90 Å². The van der Waals surface area contributed by atoms with Crippen molar-refractivity contribution in [2.75, 3.05) is 19.7 Å². The Bertz CT molecular complexity index is 612. The van der Waals surface area contributed by atoms with Gasteiger partial charge in [0, 0.05) is 12.6 Å². The van der Waals surface area contributed by atoms with Crippen molar-refractivity contribution in [2.45, 2.75) is 70.9 Å². The average molecular weight is 373 g/mol. The third-order valence-corrected chi connectivity index (χ3v) is 6.79. The quantitative estimate of drug-likeness (QED) is 0.767. The van der Waals surface area contributed by atoms with Crippen molar-refractivity contribution in [3.8, 4) is 0 Å². The summed E-state index contributed by atoms with van der Waals surface area (Å²) in [6.45, 7) is 5.46. The van der Waals surface area contributed by atoms with Crippen molar-refractivity contribution in [3.63, 3.8) is 0 Å². The van der Waals surface area contributed by atoms with Gasteiger partial charge in [-0.25, -0.2) is 0 Å². The Kier molecular flexibility index (Phi) is 7.31. The Balaban J connectivity index is 1.75. The number of rotatable bonds is 7. The third kappa shape index (κ3) is 4.72. The summed E-state index contributed by atoms with van der Waals surface area (Å²) >= 11 is 0. The van der Waals surface area contributed by atoms with Crippen LogP contribution in [-0.4, -0.2) is 41.7 Å². The molecule has 2 N–H and O–H groups in total. The van der Waals surface area contributed by atoms with Crippen LogP contribution in [0.25, 0.3) is 0 Å². The lowest BCUT2D eigenvalue weighted by Gasteiger charge is -2.43. The average Bonchev–Trinajstić information content (AvgIpc) is 2.73. The van der Waals surface area contributed by atoms with Gasteiger partial charge in [0.05, 0.1) is 19.2 Å². The first-order valence-corrected chi connectivity index (χ1v) is 10.9. The van der Waals surface area contributed by atoms with Gasteiger partial charge < -0.3 is 15.3 Å². The van der Waals surface area contributed by atoms with Crippen LogP contribution in [0.5, 0.6) is 0 Å². The molecule has 1 aromatic rings. The summed E-state index contributed by atoms with van der Waals surface area (Å²) in [5, 5.41) is 13.0. The number of aliphatic hydroxyl groups is 1. The van der Waals surface area contributed by atoms with Gasteiger partial charge >= 0.3 is 0 Å². The Morgan fingerprint density at radius 3 is 2.70 bits per heavy atom. The molecule has 4 heteroatoms. The summed E-state index contributed by atoms with van der Waals surface area (Å²) in [5.74, 6) is 1.12. The molecule has 3 atom stereocenters. The number of amides is 1. The maximum Gasteiger partial charge on any atom is 0.237 e. The normalized spacial score (nSPS) is 22.9. The second kappa shape index (κ2) is 9.70. The number of aliphatic hydroxyl groups excluding tert-OH is 1. The number of fused-ring (bicyclic) bond motifs is 1. The molecule has 0 aromatic heterocycles. The zero-order chi connectivity index (χ0) is 19.2. The van der Waals surface area contributed by atoms with Crippen LogP contribution in [-0.2, 0) is 11.2 Å². The zero-order valence-corrected chi connectivity index (χ0v) is 17.0. The highest BCUT2D eigenvalue weighted by atomic mass is 16.3. The van der Waals surface area contributed by atoms with Gasteiger partial charge in [0.25, 0.3) is 0 Å². The number of carbonyl (C=O) groups excluding carboxylic acids is 1. The molecule has 1 saturated carbocycles. The number of nitrogens with one attached hydrogen (secondary N) is 1. The highest BCUT2D eigenvalue weighted by Crippen LogP contribution is 2.41. The van der Waals surface area contributed by atoms with Gasteiger partial charge in [-0.05, 0) is 42.2 Å². The minimum Gasteiger partial charge on any atom is -0.395 e. The van der Waals surface area contributed by atoms with E-state index in [2.05, 4.69) is 48.3 Å². The Morgan fingerprint density at radius 1 is 1.26 bits per heavy atom. The fourth-order valence-corrected chi connectivity index (χ4v) is 4.89. The molecule has 150 valence electrons. The van der Waals surface area contributed by atoms with E-state index in [1.54, 1.807) is 0 Å². The Labute approximate surface area is 164 Å². The topological polar surface area (TPSA) is 52.6 Å². The fourth-order valence-electron chi connectivity index (χ4n) is 4.89. The van der Waals surface area contributed by atoms with Crippen LogP contribution in [0.3, 0.4) is 0 Å². The van der Waals surface area contributed by atoms with Gasteiger partial charge in [-0.3, -0.25) is 4.79 Å². The van der Waals surface area contributed by atoms with Gasteiger partial charge in [-0.2, -0.15) is 0 Å². The van der Waals surface area contributed by atoms with Crippen LogP contribution in [0.2, 0.25) is 0 Å². The lowest BCUT2D eigenvalue weighted by Crippen LogP contribution is -2.49. The Hall–Kier alpha value is -1.39. The van der Waals surface area contributed by atoms with Crippen LogP contribution >= 0.6 is 0 Å². The van der Waals surface area contributed by atoms with Crippen molar-refractivity contribution in [2.24, 2.45) is 11.8 Å². The zero-order valence-electron chi connectivity index (χ0n) is 17.0. The minimum absolute atomic E-state index is 0.0100. The lowest BCUT2D eigenvalue weighted by molar-refractivity contribution is -0.135. The largest absolute Gasteiger partial charge is 0.395 e. The minimum atomic E-state index is -0.0100. The smallest absolute Gasteiger partial charge is 0.237 e. The summed E-state index contributed by atoms with van der Waals surface area (Å²) in [5.41, 5.74) is 2.78. The van der Waals surface area contributed by atoms with Crippen molar-refractivity contribution in [1.29, 1.82) is 0 Å². The molecule has 1 heterocycles. The summed E-state index contributed by atoms with van der Waals surface area (Å²) in [7, 11) is 0. The van der Waals surface area contributed by atoms with Gasteiger partial charge in [-0.15, -0.1) is 0 Å². The van der Waals surface area contributed by atoms with Crippen LogP contribution in [0, 0.1) is 11.8 Å². The molecule has 4 nitrogen and oxygen atoms in total. The molecule has 0 saturated heterocycles. The summed E-state index contributed by atoms with van der Waals surface area (Å²) in [4.78, 5) is 15.3. The van der Waals surface area contributed by atoms with E-state index in [9.17, 15) is 9.90 Å². The molecular formula is C23H36N2O2. The first kappa shape index (κ1) is 20.3. The van der Waals surface area contributed by atoms with Crippen LogP contribution in [0.1, 0.15) is 69.5 Å². The Morgan fingerprint density at radius 2 is 2.00 bits per heavy atom. The number of hydrogen-bond donors (Lipinski definition) is 2. The molecule has 1 fully saturated rings. The van der Waals surface area contributed by atoms with E-state index in [-0.39, 0.29) is 24.6 Å². The maximum atomic E-state index is 13.2. The number of hydrogen-bond acceptors (Lipinski definition) is 3. The first-order valence-electron chi connectivity index (χ1n) is 10.9. The van der Waals surface area contributed by atoms with E-state index in [1.807, 2.05) is 0 Å². The van der Waals surface area contributed by atoms with Gasteiger partial charge in [0.1, 0.15) is 0 Å². The summed E-state index contributed by atoms with van der Waals surface area (Å²) in [6, 6.07) is 8.91. The number of carbonyl (C=O) groups is 1. The van der Waals surface area contributed by atoms with Crippen LogP contribution in [0.15, 0.2) is 24.3 Å². The standard InChI is InChI=1S/C23H36N2O2/c1-3-17(2)21(16-26)24-15-22(27)25-14-13-18-9-7-8-12-20(18)23(25)19-10-5-4-6-11-19/h7-9,12,17,19,21,23-24,26H,3-6,10-11,13-16H2,1-2H3/t17?,21-,23?/m1/s1. The van der Waals surface area contributed by atoms with Crippen LogP contribution < -0.4 is 5.32 Å².